The fraction of sp³-hybridized carbons (Fsp3) is 0.619. The fourth-order valence-electron chi connectivity index (χ4n) is 3.89. The van der Waals surface area contributed by atoms with Crippen molar-refractivity contribution in [3.63, 3.8) is 0 Å². The number of rotatable bonds is 2. The predicted octanol–water partition coefficient (Wildman–Crippen LogP) is 4.11. The number of ether oxygens (including phenoxy) is 3. The second-order valence-corrected chi connectivity index (χ2v) is 9.70. The Morgan fingerprint density at radius 1 is 1.29 bits per heavy atom. The molecule has 10 heteroatoms. The van der Waals surface area contributed by atoms with Gasteiger partial charge in [0.05, 0.1) is 17.3 Å². The van der Waals surface area contributed by atoms with E-state index in [-0.39, 0.29) is 11.4 Å². The van der Waals surface area contributed by atoms with E-state index in [1.807, 2.05) is 0 Å². The predicted molar refractivity (Wildman–Crippen MR) is 110 cm³/mol. The number of amides is 2. The second kappa shape index (κ2) is 7.56. The molecule has 3 rings (SSSR count). The summed E-state index contributed by atoms with van der Waals surface area (Å²) >= 11 is 5.75. The van der Waals surface area contributed by atoms with Crippen LogP contribution >= 0.6 is 11.6 Å². The van der Waals surface area contributed by atoms with Gasteiger partial charge in [0.15, 0.2) is 5.79 Å². The summed E-state index contributed by atoms with van der Waals surface area (Å²) in [6, 6.07) is -0.463. The third-order valence-corrected chi connectivity index (χ3v) is 5.22. The van der Waals surface area contributed by atoms with Crippen LogP contribution in [0.2, 0.25) is 5.02 Å². The molecule has 2 heterocycles. The SMILES string of the molecule is [2H]C([2H])([2H])N(C(=O)[C@@H]1[C@@H]2OC(C)(C)O[C@]2(C)CN1C(=O)OC(C)(C)C)c1cc(Cl)c(F)cc1F. The van der Waals surface area contributed by atoms with E-state index in [0.29, 0.717) is 12.1 Å². The van der Waals surface area contributed by atoms with E-state index in [1.54, 1.807) is 41.5 Å². The molecule has 2 fully saturated rings. The van der Waals surface area contributed by atoms with E-state index in [9.17, 15) is 18.4 Å². The molecule has 1 aromatic rings. The maximum absolute atomic E-state index is 14.7. The molecule has 31 heavy (non-hydrogen) atoms. The summed E-state index contributed by atoms with van der Waals surface area (Å²) in [4.78, 5) is 28.0. The van der Waals surface area contributed by atoms with Crippen LogP contribution in [0, 0.1) is 11.6 Å². The molecule has 0 N–H and O–H groups in total. The number of likely N-dealkylation sites (N-methyl/N-ethyl adjacent to an activating group) is 1. The molecule has 2 amide bonds. The van der Waals surface area contributed by atoms with Crippen molar-refractivity contribution < 1.29 is 36.7 Å². The van der Waals surface area contributed by atoms with Crippen LogP contribution in [-0.4, -0.2) is 59.6 Å². The lowest BCUT2D eigenvalue weighted by molar-refractivity contribution is -0.174. The van der Waals surface area contributed by atoms with Gasteiger partial charge in [-0.25, -0.2) is 13.6 Å². The highest BCUT2D eigenvalue weighted by molar-refractivity contribution is 6.31. The summed E-state index contributed by atoms with van der Waals surface area (Å²) in [5.74, 6) is -4.78. The van der Waals surface area contributed by atoms with Gasteiger partial charge in [0.25, 0.3) is 5.91 Å². The van der Waals surface area contributed by atoms with Crippen molar-refractivity contribution in [2.45, 2.75) is 70.7 Å². The van der Waals surface area contributed by atoms with Crippen LogP contribution < -0.4 is 4.90 Å². The maximum atomic E-state index is 14.7. The van der Waals surface area contributed by atoms with Crippen molar-refractivity contribution in [2.75, 3.05) is 18.4 Å². The zero-order valence-corrected chi connectivity index (χ0v) is 18.8. The first kappa shape index (κ1) is 19.7. The molecule has 2 saturated heterocycles. The lowest BCUT2D eigenvalue weighted by atomic mass is 9.98. The van der Waals surface area contributed by atoms with Gasteiger partial charge in [-0.3, -0.25) is 9.69 Å². The van der Waals surface area contributed by atoms with Crippen LogP contribution in [0.5, 0.6) is 0 Å². The minimum absolute atomic E-state index is 0.159. The van der Waals surface area contributed by atoms with Gasteiger partial charge in [0, 0.05) is 17.2 Å². The Morgan fingerprint density at radius 2 is 1.94 bits per heavy atom. The van der Waals surface area contributed by atoms with Crippen LogP contribution in [0.1, 0.15) is 45.7 Å². The molecule has 3 atom stereocenters. The third kappa shape index (κ3) is 4.49. The van der Waals surface area contributed by atoms with Crippen molar-refractivity contribution in [3.8, 4) is 0 Å². The highest BCUT2D eigenvalue weighted by Gasteiger charge is 2.64. The van der Waals surface area contributed by atoms with E-state index in [2.05, 4.69) is 0 Å². The van der Waals surface area contributed by atoms with E-state index in [0.717, 1.165) is 4.90 Å². The van der Waals surface area contributed by atoms with Gasteiger partial charge < -0.3 is 19.1 Å². The molecule has 0 spiro atoms. The number of likely N-dealkylation sites (tertiary alicyclic amines) is 1. The van der Waals surface area contributed by atoms with Gasteiger partial charge >= 0.3 is 6.09 Å². The highest BCUT2D eigenvalue weighted by Crippen LogP contribution is 2.45. The molecule has 0 aliphatic carbocycles. The average Bonchev–Trinajstić information content (AvgIpc) is 3.01. The van der Waals surface area contributed by atoms with Crippen molar-refractivity contribution in [3.05, 3.63) is 28.8 Å². The summed E-state index contributed by atoms with van der Waals surface area (Å²) < 4.78 is 69.4. The second-order valence-electron chi connectivity index (χ2n) is 9.30. The van der Waals surface area contributed by atoms with Crippen molar-refractivity contribution in [2.24, 2.45) is 0 Å². The first-order chi connectivity index (χ1) is 15.3. The quantitative estimate of drug-likeness (QED) is 0.617. The molecule has 172 valence electrons. The number of halogens is 3. The zero-order valence-electron chi connectivity index (χ0n) is 21.1. The molecular weight excluding hydrogens is 434 g/mol. The first-order valence-electron chi connectivity index (χ1n) is 11.1. The molecule has 0 bridgehead atoms. The van der Waals surface area contributed by atoms with Gasteiger partial charge in [0.1, 0.15) is 35.0 Å². The Balaban J connectivity index is 2.13. The Labute approximate surface area is 189 Å². The molecule has 2 aliphatic rings. The molecule has 0 saturated carbocycles. The summed E-state index contributed by atoms with van der Waals surface area (Å²) in [5.41, 5.74) is -2.89. The van der Waals surface area contributed by atoms with Gasteiger partial charge in [-0.05, 0) is 47.6 Å². The smallest absolute Gasteiger partial charge is 0.411 e. The summed E-state index contributed by atoms with van der Waals surface area (Å²) in [6.07, 6.45) is -2.01. The molecule has 1 aromatic carbocycles. The van der Waals surface area contributed by atoms with Gasteiger partial charge in [-0.15, -0.1) is 0 Å². The molecule has 7 nitrogen and oxygen atoms in total. The van der Waals surface area contributed by atoms with Crippen LogP contribution in [0.4, 0.5) is 19.3 Å². The number of carbonyl (C=O) groups excluding carboxylic acids is 2. The Hall–Kier alpha value is -1.97. The number of hydrogen-bond donors (Lipinski definition) is 0. The summed E-state index contributed by atoms with van der Waals surface area (Å²) in [6.45, 7) is 6.34. The van der Waals surface area contributed by atoms with Crippen molar-refractivity contribution in [1.29, 1.82) is 0 Å². The number of hydrogen-bond acceptors (Lipinski definition) is 5. The van der Waals surface area contributed by atoms with E-state index >= 15 is 0 Å². The number of nitrogens with zero attached hydrogens (tertiary/aromatic N) is 2. The molecule has 0 unspecified atom stereocenters. The lowest BCUT2D eigenvalue weighted by Crippen LogP contribution is -2.53. The molecular formula is C21H27ClF2N2O5. The lowest BCUT2D eigenvalue weighted by Gasteiger charge is -2.33. The Bertz CT molecular complexity index is 1020. The largest absolute Gasteiger partial charge is 0.444 e. The zero-order chi connectivity index (χ0) is 26.0. The normalized spacial score (nSPS) is 29.1. The average molecular weight is 464 g/mol. The monoisotopic (exact) mass is 463 g/mol. The van der Waals surface area contributed by atoms with Gasteiger partial charge in [-0.2, -0.15) is 0 Å². The highest BCUT2D eigenvalue weighted by atomic mass is 35.5. The number of benzene rings is 1. The Morgan fingerprint density at radius 3 is 2.52 bits per heavy atom. The van der Waals surface area contributed by atoms with Crippen LogP contribution in [0.15, 0.2) is 12.1 Å². The fourth-order valence-corrected chi connectivity index (χ4v) is 4.05. The third-order valence-electron chi connectivity index (χ3n) is 4.93. The van der Waals surface area contributed by atoms with Crippen molar-refractivity contribution in [1.82, 2.24) is 4.90 Å². The molecule has 0 aromatic heterocycles. The topological polar surface area (TPSA) is 68.3 Å². The van der Waals surface area contributed by atoms with E-state index < -0.39 is 70.5 Å². The van der Waals surface area contributed by atoms with E-state index in [1.165, 1.54) is 0 Å². The minimum Gasteiger partial charge on any atom is -0.444 e. The van der Waals surface area contributed by atoms with E-state index in [4.69, 9.17) is 29.9 Å². The minimum atomic E-state index is -3.22. The van der Waals surface area contributed by atoms with Crippen molar-refractivity contribution >= 4 is 29.3 Å². The number of anilines is 1. The first-order valence-corrected chi connectivity index (χ1v) is 10.00. The maximum Gasteiger partial charge on any atom is 0.411 e. The molecule has 0 radical (unpaired) electrons. The van der Waals surface area contributed by atoms with Crippen LogP contribution in [0.25, 0.3) is 0 Å². The molecule has 2 aliphatic heterocycles. The van der Waals surface area contributed by atoms with Crippen LogP contribution in [-0.2, 0) is 19.0 Å². The van der Waals surface area contributed by atoms with Gasteiger partial charge in [-0.1, -0.05) is 11.6 Å². The standard InChI is InChI=1S/C21H27ClF2N2O5/c1-19(2,3)30-18(28)26-10-21(6)16(29-20(4,5)31-21)15(26)17(27)25(7)14-8-11(22)12(23)9-13(14)24/h8-9,15-16H,10H2,1-7H3/t15-,16-,21+/m0/s1/i7D3. The summed E-state index contributed by atoms with van der Waals surface area (Å²) in [7, 11) is 0. The Kier molecular flexibility index (Phi) is 4.81. The van der Waals surface area contributed by atoms with Gasteiger partial charge in [0.2, 0.25) is 0 Å². The number of carbonyl (C=O) groups is 2. The summed E-state index contributed by atoms with van der Waals surface area (Å²) in [5, 5.41) is -0.583. The van der Waals surface area contributed by atoms with Crippen LogP contribution in [0.3, 0.4) is 0 Å². The number of fused-ring (bicyclic) bond motifs is 1.